The van der Waals surface area contributed by atoms with Crippen LogP contribution in [0.1, 0.15) is 36.7 Å². The summed E-state index contributed by atoms with van der Waals surface area (Å²) >= 11 is 0. The number of benzene rings is 2. The summed E-state index contributed by atoms with van der Waals surface area (Å²) in [7, 11) is 0. The lowest BCUT2D eigenvalue weighted by atomic mass is 10.1. The van der Waals surface area contributed by atoms with Gasteiger partial charge in [0.25, 0.3) is 11.5 Å². The number of fused-ring (bicyclic) bond motifs is 1. The highest BCUT2D eigenvalue weighted by Crippen LogP contribution is 2.22. The summed E-state index contributed by atoms with van der Waals surface area (Å²) in [5.41, 5.74) is 1.15. The third-order valence-electron chi connectivity index (χ3n) is 5.81. The van der Waals surface area contributed by atoms with Crippen LogP contribution in [0, 0.1) is 0 Å². The van der Waals surface area contributed by atoms with Gasteiger partial charge in [-0.15, -0.1) is 0 Å². The van der Waals surface area contributed by atoms with Gasteiger partial charge in [0.05, 0.1) is 5.39 Å². The first-order valence-electron chi connectivity index (χ1n) is 10.9. The Morgan fingerprint density at radius 2 is 1.74 bits per heavy atom. The highest BCUT2D eigenvalue weighted by atomic mass is 16.3. The van der Waals surface area contributed by atoms with E-state index in [9.17, 15) is 14.7 Å². The van der Waals surface area contributed by atoms with Crippen molar-refractivity contribution in [3.05, 3.63) is 64.6 Å². The molecular formula is C24H28N4O3. The molecule has 0 atom stereocenters. The van der Waals surface area contributed by atoms with Gasteiger partial charge in [0.1, 0.15) is 5.75 Å². The Morgan fingerprint density at radius 1 is 1.00 bits per heavy atom. The van der Waals surface area contributed by atoms with Gasteiger partial charge < -0.3 is 14.9 Å². The third kappa shape index (κ3) is 4.40. The SMILES string of the molecule is CCCCCn1nc(C(=O)N2CCN(c3cccc(O)c3)CC2)c2ccccc2c1=O. The number of unbranched alkanes of at least 4 members (excludes halogenated alkanes) is 2. The molecule has 0 bridgehead atoms. The Kier molecular flexibility index (Phi) is 6.21. The summed E-state index contributed by atoms with van der Waals surface area (Å²) in [5, 5.41) is 15.4. The molecule has 1 N–H and O–H groups in total. The summed E-state index contributed by atoms with van der Waals surface area (Å²) in [5.74, 6) is 0.0907. The molecule has 0 radical (unpaired) electrons. The molecule has 0 spiro atoms. The van der Waals surface area contributed by atoms with E-state index in [0.717, 1.165) is 24.9 Å². The number of rotatable bonds is 6. The molecule has 3 aromatic rings. The van der Waals surface area contributed by atoms with E-state index in [-0.39, 0.29) is 17.2 Å². The Labute approximate surface area is 181 Å². The minimum absolute atomic E-state index is 0.142. The van der Waals surface area contributed by atoms with Gasteiger partial charge in [-0.05, 0) is 24.6 Å². The lowest BCUT2D eigenvalue weighted by molar-refractivity contribution is 0.0740. The van der Waals surface area contributed by atoms with Crippen molar-refractivity contribution in [1.82, 2.24) is 14.7 Å². The normalized spacial score (nSPS) is 14.2. The maximum atomic E-state index is 13.4. The van der Waals surface area contributed by atoms with Crippen molar-refractivity contribution in [3.8, 4) is 5.75 Å². The first-order chi connectivity index (χ1) is 15.1. The molecule has 1 aliphatic rings. The van der Waals surface area contributed by atoms with Crippen molar-refractivity contribution in [2.24, 2.45) is 0 Å². The lowest BCUT2D eigenvalue weighted by Gasteiger charge is -2.36. The van der Waals surface area contributed by atoms with Crippen LogP contribution in [-0.4, -0.2) is 51.9 Å². The fourth-order valence-corrected chi connectivity index (χ4v) is 4.06. The first kappa shape index (κ1) is 20.9. The van der Waals surface area contributed by atoms with E-state index in [4.69, 9.17) is 0 Å². The van der Waals surface area contributed by atoms with Gasteiger partial charge in [-0.25, -0.2) is 4.68 Å². The number of amides is 1. The average molecular weight is 421 g/mol. The Morgan fingerprint density at radius 3 is 2.45 bits per heavy atom. The fourth-order valence-electron chi connectivity index (χ4n) is 4.06. The molecule has 1 aromatic heterocycles. The van der Waals surface area contributed by atoms with Crippen molar-refractivity contribution < 1.29 is 9.90 Å². The van der Waals surface area contributed by atoms with Crippen molar-refractivity contribution >= 4 is 22.4 Å². The standard InChI is InChI=1S/C24H28N4O3/c1-2-3-6-12-28-23(30)21-11-5-4-10-20(21)22(25-28)24(31)27-15-13-26(14-16-27)18-8-7-9-19(29)17-18/h4-5,7-11,17,29H,2-3,6,12-16H2,1H3. The summed E-state index contributed by atoms with van der Waals surface area (Å²) in [6, 6.07) is 14.4. The molecule has 1 fully saturated rings. The molecular weight excluding hydrogens is 392 g/mol. The number of anilines is 1. The maximum Gasteiger partial charge on any atom is 0.275 e. The highest BCUT2D eigenvalue weighted by molar-refractivity contribution is 6.04. The van der Waals surface area contributed by atoms with Gasteiger partial charge in [0, 0.05) is 49.9 Å². The quantitative estimate of drug-likeness (QED) is 0.620. The molecule has 2 aromatic carbocycles. The van der Waals surface area contributed by atoms with Crippen molar-refractivity contribution in [2.45, 2.75) is 32.7 Å². The number of aryl methyl sites for hydroxylation is 1. The highest BCUT2D eigenvalue weighted by Gasteiger charge is 2.26. The minimum atomic E-state index is -0.143. The van der Waals surface area contributed by atoms with Crippen molar-refractivity contribution in [3.63, 3.8) is 0 Å². The van der Waals surface area contributed by atoms with Crippen LogP contribution in [0.2, 0.25) is 0 Å². The van der Waals surface area contributed by atoms with Gasteiger partial charge >= 0.3 is 0 Å². The van der Waals surface area contributed by atoms with E-state index < -0.39 is 0 Å². The molecule has 0 unspecified atom stereocenters. The van der Waals surface area contributed by atoms with E-state index in [0.29, 0.717) is 49.2 Å². The summed E-state index contributed by atoms with van der Waals surface area (Å²) in [4.78, 5) is 30.2. The number of nitrogens with zero attached hydrogens (tertiary/aromatic N) is 4. The maximum absolute atomic E-state index is 13.4. The molecule has 1 amide bonds. The van der Waals surface area contributed by atoms with E-state index >= 15 is 0 Å². The van der Waals surface area contributed by atoms with E-state index in [1.807, 2.05) is 24.3 Å². The second kappa shape index (κ2) is 9.20. The summed E-state index contributed by atoms with van der Waals surface area (Å²) < 4.78 is 1.45. The van der Waals surface area contributed by atoms with Gasteiger partial charge in [-0.3, -0.25) is 9.59 Å². The number of aromatic nitrogens is 2. The number of phenols is 1. The van der Waals surface area contributed by atoms with Crippen LogP contribution in [-0.2, 0) is 6.54 Å². The molecule has 162 valence electrons. The molecule has 7 heteroatoms. The predicted molar refractivity (Wildman–Crippen MR) is 122 cm³/mol. The number of carbonyl (C=O) groups excluding carboxylic acids is 1. The zero-order valence-corrected chi connectivity index (χ0v) is 17.8. The van der Waals surface area contributed by atoms with Crippen LogP contribution in [0.3, 0.4) is 0 Å². The van der Waals surface area contributed by atoms with Crippen LogP contribution in [0.25, 0.3) is 10.8 Å². The van der Waals surface area contributed by atoms with Crippen molar-refractivity contribution in [2.75, 3.05) is 31.1 Å². The predicted octanol–water partition coefficient (Wildman–Crippen LogP) is 3.25. The Balaban J connectivity index is 1.57. The Hall–Kier alpha value is -3.35. The van der Waals surface area contributed by atoms with Gasteiger partial charge in [0.15, 0.2) is 5.69 Å². The number of hydrogen-bond donors (Lipinski definition) is 1. The second-order valence-electron chi connectivity index (χ2n) is 7.93. The molecule has 0 aliphatic carbocycles. The Bertz CT molecular complexity index is 1130. The fraction of sp³-hybridized carbons (Fsp3) is 0.375. The van der Waals surface area contributed by atoms with Gasteiger partial charge in [-0.2, -0.15) is 5.10 Å². The van der Waals surface area contributed by atoms with Crippen LogP contribution in [0.4, 0.5) is 5.69 Å². The van der Waals surface area contributed by atoms with Gasteiger partial charge in [-0.1, -0.05) is 44.0 Å². The molecule has 1 aliphatic heterocycles. The van der Waals surface area contributed by atoms with Crippen molar-refractivity contribution in [1.29, 1.82) is 0 Å². The summed E-state index contributed by atoms with van der Waals surface area (Å²) in [6.07, 6.45) is 2.93. The molecule has 0 saturated carbocycles. The number of aromatic hydroxyl groups is 1. The molecule has 2 heterocycles. The second-order valence-corrected chi connectivity index (χ2v) is 7.93. The van der Waals surface area contributed by atoms with E-state index in [1.54, 1.807) is 29.2 Å². The molecule has 4 rings (SSSR count). The number of piperazine rings is 1. The molecule has 1 saturated heterocycles. The zero-order valence-electron chi connectivity index (χ0n) is 17.8. The third-order valence-corrected chi connectivity index (χ3v) is 5.81. The monoisotopic (exact) mass is 420 g/mol. The largest absolute Gasteiger partial charge is 0.508 e. The lowest BCUT2D eigenvalue weighted by Crippen LogP contribution is -2.49. The molecule has 7 nitrogen and oxygen atoms in total. The van der Waals surface area contributed by atoms with Crippen LogP contribution < -0.4 is 10.5 Å². The van der Waals surface area contributed by atoms with Crippen LogP contribution in [0.5, 0.6) is 5.75 Å². The summed E-state index contributed by atoms with van der Waals surface area (Å²) in [6.45, 7) is 5.08. The van der Waals surface area contributed by atoms with E-state index in [1.165, 1.54) is 4.68 Å². The topological polar surface area (TPSA) is 78.7 Å². The number of hydrogen-bond acceptors (Lipinski definition) is 5. The van der Waals surface area contributed by atoms with Crippen LogP contribution in [0.15, 0.2) is 53.3 Å². The number of carbonyl (C=O) groups is 1. The zero-order chi connectivity index (χ0) is 21.8. The van der Waals surface area contributed by atoms with Crippen LogP contribution >= 0.6 is 0 Å². The first-order valence-corrected chi connectivity index (χ1v) is 10.9. The van der Waals surface area contributed by atoms with Gasteiger partial charge in [0.2, 0.25) is 0 Å². The smallest absolute Gasteiger partial charge is 0.275 e. The average Bonchev–Trinajstić information content (AvgIpc) is 2.80. The molecule has 31 heavy (non-hydrogen) atoms. The minimum Gasteiger partial charge on any atom is -0.508 e. The van der Waals surface area contributed by atoms with E-state index in [2.05, 4.69) is 16.9 Å². The number of phenolic OH excluding ortho intramolecular Hbond substituents is 1.